The van der Waals surface area contributed by atoms with Crippen molar-refractivity contribution >= 4 is 20.0 Å². The van der Waals surface area contributed by atoms with Crippen molar-refractivity contribution in [1.29, 1.82) is 0 Å². The molecule has 14 heteroatoms. The molecule has 0 radical (unpaired) electrons. The molecular formula is C17H18FN2O9PS. The zero-order chi connectivity index (χ0) is 24.2. The van der Waals surface area contributed by atoms with Crippen LogP contribution in [0, 0.1) is 4.64 Å². The van der Waals surface area contributed by atoms with Gasteiger partial charge in [-0.05, 0) is 12.1 Å². The summed E-state index contributed by atoms with van der Waals surface area (Å²) >= 11 is 4.80. The van der Waals surface area contributed by atoms with Crippen molar-refractivity contribution in [1.82, 2.24) is 9.55 Å². The van der Waals surface area contributed by atoms with Gasteiger partial charge >= 0.3 is 13.5 Å². The van der Waals surface area contributed by atoms with Crippen LogP contribution in [0.3, 0.4) is 0 Å². The average molecular weight is 478 g/mol. The number of aliphatic hydroxyl groups excluding tert-OH is 2. The number of hydrogen-bond acceptors (Lipinski definition) is 10. The molecule has 5 atom stereocenters. The van der Waals surface area contributed by atoms with E-state index in [1.54, 1.807) is 12.1 Å². The summed E-state index contributed by atoms with van der Waals surface area (Å²) in [6, 6.07) is 5.89. The molecule has 11 nitrogen and oxygen atoms in total. The van der Waals surface area contributed by atoms with Crippen molar-refractivity contribution < 1.29 is 45.0 Å². The van der Waals surface area contributed by atoms with Gasteiger partial charge in [0, 0.05) is 11.8 Å². The van der Waals surface area contributed by atoms with Gasteiger partial charge in [-0.15, -0.1) is 0 Å². The number of phosphoric ester groups is 1. The number of ether oxygens (including phenoxy) is 2. The van der Waals surface area contributed by atoms with Gasteiger partial charge in [-0.2, -0.15) is 0 Å². The maximum atomic E-state index is 15.7. The van der Waals surface area contributed by atoms with Gasteiger partial charge in [0.05, 0.1) is 16.5 Å². The second-order valence-corrected chi connectivity index (χ2v) is 8.52. The molecule has 2 aliphatic rings. The smallest absolute Gasteiger partial charge is 0.493 e. The Morgan fingerprint density at radius 1 is 1.48 bits per heavy atom. The topological polar surface area (TPSA) is 141 Å². The minimum Gasteiger partial charge on any atom is -0.493 e. The van der Waals surface area contributed by atoms with Crippen LogP contribution in [0.2, 0.25) is 0 Å². The number of aliphatic hydroxyl groups is 2. The number of nitrogens with one attached hydrogen (secondary N) is 1. The van der Waals surface area contributed by atoms with Crippen LogP contribution in [0.4, 0.5) is 4.39 Å². The van der Waals surface area contributed by atoms with Gasteiger partial charge in [0.1, 0.15) is 23.4 Å². The summed E-state index contributed by atoms with van der Waals surface area (Å²) in [5, 5.41) is 20.6. The standard InChI is InChI=1S/C17H18FN2O9PS/c1-25-10-4-2-3-9-7-26-30(24,29-13(9)10)27-8-17(18)14(22)12(21)15(28-17)20-6-5-11(31)19-16(20)23/h2-6,12,14-15,21-22H,7-8H2,1H3,(H,19,23,31)/t12-,14+,15-,17-,30?/m1/s1/i8D2. The fourth-order valence-corrected chi connectivity index (χ4v) is 4.27. The summed E-state index contributed by atoms with van der Waals surface area (Å²) in [4.78, 5) is 14.3. The Morgan fingerprint density at radius 2 is 2.26 bits per heavy atom. The van der Waals surface area contributed by atoms with E-state index in [1.165, 1.54) is 19.2 Å². The quantitative estimate of drug-likeness (QED) is 0.428. The van der Waals surface area contributed by atoms with Gasteiger partial charge < -0.3 is 24.2 Å². The van der Waals surface area contributed by atoms with Crippen LogP contribution in [0.25, 0.3) is 0 Å². The number of fused-ring (bicyclic) bond motifs is 1. The number of phosphoric acid groups is 1. The lowest BCUT2D eigenvalue weighted by Gasteiger charge is -2.28. The van der Waals surface area contributed by atoms with Crippen molar-refractivity contribution in [3.63, 3.8) is 0 Å². The minimum absolute atomic E-state index is 0.0369. The Balaban J connectivity index is 1.63. The van der Waals surface area contributed by atoms with Crippen LogP contribution in [-0.4, -0.2) is 51.5 Å². The molecular weight excluding hydrogens is 458 g/mol. The van der Waals surface area contributed by atoms with Crippen LogP contribution in [0.15, 0.2) is 35.3 Å². The van der Waals surface area contributed by atoms with E-state index in [2.05, 4.69) is 4.98 Å². The Bertz CT molecular complexity index is 1230. The van der Waals surface area contributed by atoms with Crippen LogP contribution < -0.4 is 15.0 Å². The number of methoxy groups -OCH3 is 1. The van der Waals surface area contributed by atoms with Crippen molar-refractivity contribution in [3.05, 3.63) is 51.2 Å². The summed E-state index contributed by atoms with van der Waals surface area (Å²) in [6.45, 7) is -4.03. The first-order valence-electron chi connectivity index (χ1n) is 9.76. The molecule has 0 aliphatic carbocycles. The van der Waals surface area contributed by atoms with E-state index in [1.807, 2.05) is 0 Å². The van der Waals surface area contributed by atoms with E-state index < -0.39 is 44.4 Å². The largest absolute Gasteiger partial charge is 0.530 e. The molecule has 1 aromatic carbocycles. The number of aromatic amines is 1. The van der Waals surface area contributed by atoms with Crippen molar-refractivity contribution in [2.24, 2.45) is 0 Å². The molecule has 1 aromatic heterocycles. The number of para-hydroxylation sites is 1. The number of hydrogen-bond donors (Lipinski definition) is 3. The van der Waals surface area contributed by atoms with Crippen molar-refractivity contribution in [2.45, 2.75) is 30.9 Å². The van der Waals surface area contributed by atoms with Crippen LogP contribution in [0.5, 0.6) is 11.5 Å². The van der Waals surface area contributed by atoms with Gasteiger partial charge in [-0.3, -0.25) is 18.6 Å². The third-order valence-corrected chi connectivity index (χ3v) is 5.98. The van der Waals surface area contributed by atoms with Gasteiger partial charge in [0.15, 0.2) is 17.7 Å². The van der Waals surface area contributed by atoms with E-state index in [0.29, 0.717) is 10.1 Å². The highest BCUT2D eigenvalue weighted by molar-refractivity contribution is 7.71. The zero-order valence-electron chi connectivity index (χ0n) is 17.8. The van der Waals surface area contributed by atoms with Crippen LogP contribution in [0.1, 0.15) is 14.5 Å². The minimum atomic E-state index is -4.81. The van der Waals surface area contributed by atoms with Gasteiger partial charge in [-0.25, -0.2) is 13.8 Å². The number of rotatable bonds is 5. The second-order valence-electron chi connectivity index (χ2n) is 6.56. The molecule has 3 N–H and O–H groups in total. The SMILES string of the molecule is [2H]C([2H])(OP1(=O)OCc2cccc(OC)c2O1)[C@@]1(F)O[C@@H](n2ccc(=S)[nH]c2=O)[C@H](O)[C@@H]1O. The molecule has 1 unspecified atom stereocenters. The number of halogens is 1. The molecule has 2 aliphatic heterocycles. The van der Waals surface area contributed by atoms with Gasteiger partial charge in [0.2, 0.25) is 0 Å². The first-order valence-corrected chi connectivity index (χ1v) is 10.6. The third-order valence-electron chi connectivity index (χ3n) is 4.57. The van der Waals surface area contributed by atoms with Crippen LogP contribution in [-0.2, 0) is 25.0 Å². The van der Waals surface area contributed by atoms with E-state index in [9.17, 15) is 19.6 Å². The predicted molar refractivity (Wildman–Crippen MR) is 104 cm³/mol. The molecule has 0 saturated carbocycles. The summed E-state index contributed by atoms with van der Waals surface area (Å²) in [5.41, 5.74) is -0.506. The first-order chi connectivity index (χ1) is 15.4. The molecule has 3 heterocycles. The third kappa shape index (κ3) is 4.05. The summed E-state index contributed by atoms with van der Waals surface area (Å²) in [6.07, 6.45) is -5.50. The summed E-state index contributed by atoms with van der Waals surface area (Å²) in [7, 11) is -3.50. The molecule has 2 aromatic rings. The lowest BCUT2D eigenvalue weighted by molar-refractivity contribution is -0.205. The second kappa shape index (κ2) is 8.10. The maximum Gasteiger partial charge on any atom is 0.530 e. The number of H-pyrrole nitrogens is 1. The highest BCUT2D eigenvalue weighted by atomic mass is 32.1. The van der Waals surface area contributed by atoms with E-state index in [4.69, 9.17) is 38.0 Å². The maximum absolute atomic E-state index is 15.7. The molecule has 168 valence electrons. The predicted octanol–water partition coefficient (Wildman–Crippen LogP) is 1.56. The summed E-state index contributed by atoms with van der Waals surface area (Å²) in [5.74, 6) is -3.72. The Morgan fingerprint density at radius 3 is 2.97 bits per heavy atom. The summed E-state index contributed by atoms with van der Waals surface area (Å²) < 4.78 is 70.5. The fraction of sp³-hybridized carbons (Fsp3) is 0.412. The Kier molecular flexibility index (Phi) is 5.11. The highest BCUT2D eigenvalue weighted by Gasteiger charge is 2.57. The normalized spacial score (nSPS) is 33.7. The molecule has 0 amide bonds. The molecule has 1 saturated heterocycles. The number of alkyl halides is 1. The lowest BCUT2D eigenvalue weighted by Crippen LogP contribution is -2.43. The molecule has 4 rings (SSSR count). The van der Waals surface area contributed by atoms with E-state index >= 15 is 4.39 Å². The molecule has 1 fully saturated rings. The lowest BCUT2D eigenvalue weighted by atomic mass is 10.1. The van der Waals surface area contributed by atoms with Crippen molar-refractivity contribution in [3.8, 4) is 11.5 Å². The Hall–Kier alpha value is -2.12. The fourth-order valence-electron chi connectivity index (χ4n) is 3.01. The Labute approximate surface area is 182 Å². The molecule has 0 spiro atoms. The van der Waals surface area contributed by atoms with E-state index in [0.717, 1.165) is 6.20 Å². The van der Waals surface area contributed by atoms with Crippen molar-refractivity contribution in [2.75, 3.05) is 13.7 Å². The first kappa shape index (κ1) is 19.6. The van der Waals surface area contributed by atoms with Gasteiger partial charge in [0.25, 0.3) is 5.85 Å². The average Bonchev–Trinajstić information content (AvgIpc) is 2.98. The monoisotopic (exact) mass is 478 g/mol. The molecule has 31 heavy (non-hydrogen) atoms. The van der Waals surface area contributed by atoms with Crippen LogP contribution >= 0.6 is 20.0 Å². The van der Waals surface area contributed by atoms with E-state index in [-0.39, 0.29) is 22.7 Å². The number of benzene rings is 1. The molecule has 0 bridgehead atoms. The number of nitrogens with zero attached hydrogens (tertiary/aromatic N) is 1. The zero-order valence-corrected chi connectivity index (χ0v) is 17.5. The van der Waals surface area contributed by atoms with Gasteiger partial charge in [-0.1, -0.05) is 24.4 Å². The number of aromatic nitrogens is 2. The highest BCUT2D eigenvalue weighted by Crippen LogP contribution is 2.57.